The van der Waals surface area contributed by atoms with Crippen LogP contribution in [0.1, 0.15) is 18.5 Å². The number of carbonyl (C=O) groups excluding carboxylic acids is 2. The molecule has 3 amide bonds. The van der Waals surface area contributed by atoms with E-state index in [-0.39, 0.29) is 17.9 Å². The van der Waals surface area contributed by atoms with Crippen molar-refractivity contribution < 1.29 is 9.59 Å². The Balaban J connectivity index is 1.32. The molecule has 28 heavy (non-hydrogen) atoms. The smallest absolute Gasteiger partial charge is 0.321 e. The molecule has 1 fully saturated rings. The predicted molar refractivity (Wildman–Crippen MR) is 107 cm³/mol. The number of aromatic nitrogens is 2. The van der Waals surface area contributed by atoms with Gasteiger partial charge in [-0.2, -0.15) is 0 Å². The average molecular weight is 377 g/mol. The van der Waals surface area contributed by atoms with Crippen molar-refractivity contribution in [2.75, 3.05) is 18.4 Å². The maximum Gasteiger partial charge on any atom is 0.321 e. The van der Waals surface area contributed by atoms with E-state index in [0.717, 1.165) is 29.9 Å². The van der Waals surface area contributed by atoms with Crippen molar-refractivity contribution >= 4 is 23.3 Å². The van der Waals surface area contributed by atoms with Crippen molar-refractivity contribution in [3.05, 3.63) is 66.6 Å². The van der Waals surface area contributed by atoms with Crippen LogP contribution in [0.2, 0.25) is 0 Å². The van der Waals surface area contributed by atoms with Crippen LogP contribution < -0.4 is 10.6 Å². The van der Waals surface area contributed by atoms with Gasteiger partial charge in [-0.25, -0.2) is 9.78 Å². The van der Waals surface area contributed by atoms with Crippen LogP contribution in [-0.2, 0) is 11.3 Å². The molecule has 144 valence electrons. The van der Waals surface area contributed by atoms with E-state index in [9.17, 15) is 9.59 Å². The summed E-state index contributed by atoms with van der Waals surface area (Å²) >= 11 is 0. The molecule has 2 aromatic heterocycles. The maximum atomic E-state index is 12.6. The molecule has 0 bridgehead atoms. The molecule has 2 N–H and O–H groups in total. The molecule has 0 spiro atoms. The van der Waals surface area contributed by atoms with E-state index in [1.54, 1.807) is 4.90 Å². The lowest BCUT2D eigenvalue weighted by Crippen LogP contribution is -2.46. The van der Waals surface area contributed by atoms with Gasteiger partial charge in [0.2, 0.25) is 5.91 Å². The van der Waals surface area contributed by atoms with Crippen molar-refractivity contribution in [3.63, 3.8) is 0 Å². The summed E-state index contributed by atoms with van der Waals surface area (Å²) in [6, 6.07) is 15.0. The summed E-state index contributed by atoms with van der Waals surface area (Å²) in [4.78, 5) is 31.3. The fraction of sp³-hybridized carbons (Fsp3) is 0.286. The zero-order chi connectivity index (χ0) is 19.3. The lowest BCUT2D eigenvalue weighted by molar-refractivity contribution is -0.126. The number of hydrogen-bond donors (Lipinski definition) is 2. The number of anilines is 1. The van der Waals surface area contributed by atoms with Crippen molar-refractivity contribution in [2.24, 2.45) is 5.92 Å². The Morgan fingerprint density at radius 3 is 2.75 bits per heavy atom. The van der Waals surface area contributed by atoms with Crippen LogP contribution in [0, 0.1) is 5.92 Å². The standard InChI is InChI=1S/C21H23N5O2/c27-20(22-13-18-15-25-11-5-4-10-19(25)23-18)16-7-6-12-26(14-16)21(28)24-17-8-2-1-3-9-17/h1-5,8-11,15-16H,6-7,12-14H2,(H,22,27)(H,24,28). The first kappa shape index (κ1) is 18.0. The third-order valence-electron chi connectivity index (χ3n) is 4.96. The second-order valence-corrected chi connectivity index (χ2v) is 7.00. The topological polar surface area (TPSA) is 78.7 Å². The van der Waals surface area contributed by atoms with Gasteiger partial charge in [0.05, 0.1) is 18.2 Å². The molecule has 1 unspecified atom stereocenters. The minimum absolute atomic E-state index is 0.0331. The van der Waals surface area contributed by atoms with Gasteiger partial charge in [0.25, 0.3) is 0 Å². The lowest BCUT2D eigenvalue weighted by Gasteiger charge is -2.32. The number of hydrogen-bond acceptors (Lipinski definition) is 3. The van der Waals surface area contributed by atoms with Crippen molar-refractivity contribution in [1.29, 1.82) is 0 Å². The summed E-state index contributed by atoms with van der Waals surface area (Å²) in [5, 5.41) is 5.85. The molecule has 7 heteroatoms. The summed E-state index contributed by atoms with van der Waals surface area (Å²) in [7, 11) is 0. The predicted octanol–water partition coefficient (Wildman–Crippen LogP) is 2.89. The van der Waals surface area contributed by atoms with Crippen LogP contribution in [0.25, 0.3) is 5.65 Å². The Hall–Kier alpha value is -3.35. The van der Waals surface area contributed by atoms with E-state index in [1.807, 2.05) is 65.3 Å². The Kier molecular flexibility index (Phi) is 5.23. The van der Waals surface area contributed by atoms with Crippen LogP contribution in [0.5, 0.6) is 0 Å². The number of benzene rings is 1. The normalized spacial score (nSPS) is 16.7. The van der Waals surface area contributed by atoms with E-state index < -0.39 is 0 Å². The second kappa shape index (κ2) is 8.12. The maximum absolute atomic E-state index is 12.6. The molecule has 0 aliphatic carbocycles. The molecule has 7 nitrogen and oxygen atoms in total. The third-order valence-corrected chi connectivity index (χ3v) is 4.96. The number of rotatable bonds is 4. The summed E-state index contributed by atoms with van der Waals surface area (Å²) in [5.41, 5.74) is 2.42. The highest BCUT2D eigenvalue weighted by atomic mass is 16.2. The number of amides is 3. The van der Waals surface area contributed by atoms with Gasteiger partial charge in [-0.3, -0.25) is 4.79 Å². The first-order valence-corrected chi connectivity index (χ1v) is 9.50. The van der Waals surface area contributed by atoms with E-state index in [0.29, 0.717) is 19.6 Å². The number of fused-ring (bicyclic) bond motifs is 1. The third kappa shape index (κ3) is 4.14. The van der Waals surface area contributed by atoms with Crippen LogP contribution in [0.4, 0.5) is 10.5 Å². The largest absolute Gasteiger partial charge is 0.350 e. The number of urea groups is 1. The molecule has 1 atom stereocenters. The summed E-state index contributed by atoms with van der Waals surface area (Å²) in [6.07, 6.45) is 5.44. The fourth-order valence-corrected chi connectivity index (χ4v) is 3.49. The van der Waals surface area contributed by atoms with Crippen LogP contribution in [-0.4, -0.2) is 39.3 Å². The Morgan fingerprint density at radius 1 is 1.11 bits per heavy atom. The highest BCUT2D eigenvalue weighted by Gasteiger charge is 2.28. The number of para-hydroxylation sites is 1. The Morgan fingerprint density at radius 2 is 1.93 bits per heavy atom. The van der Waals surface area contributed by atoms with Crippen LogP contribution >= 0.6 is 0 Å². The van der Waals surface area contributed by atoms with Gasteiger partial charge in [-0.1, -0.05) is 24.3 Å². The molecule has 1 aliphatic rings. The van der Waals surface area contributed by atoms with Gasteiger partial charge < -0.3 is 19.9 Å². The number of likely N-dealkylation sites (tertiary alicyclic amines) is 1. The monoisotopic (exact) mass is 377 g/mol. The number of pyridine rings is 1. The molecule has 1 aromatic carbocycles. The molecular weight excluding hydrogens is 354 g/mol. The highest BCUT2D eigenvalue weighted by molar-refractivity contribution is 5.90. The summed E-state index contributed by atoms with van der Waals surface area (Å²) < 4.78 is 1.93. The van der Waals surface area contributed by atoms with Crippen molar-refractivity contribution in [1.82, 2.24) is 19.6 Å². The number of nitrogens with one attached hydrogen (secondary N) is 2. The molecule has 0 saturated carbocycles. The van der Waals surface area contributed by atoms with Gasteiger partial charge in [-0.05, 0) is 37.1 Å². The SMILES string of the molecule is O=C(NCc1cn2ccccc2n1)C1CCCN(C(=O)Nc2ccccc2)C1. The van der Waals surface area contributed by atoms with Gasteiger partial charge in [-0.15, -0.1) is 0 Å². The van der Waals surface area contributed by atoms with E-state index in [4.69, 9.17) is 0 Å². The second-order valence-electron chi connectivity index (χ2n) is 7.00. The number of nitrogens with zero attached hydrogens (tertiary/aromatic N) is 3. The number of carbonyl (C=O) groups is 2. The van der Waals surface area contributed by atoms with Gasteiger partial charge in [0.1, 0.15) is 5.65 Å². The molecule has 3 heterocycles. The van der Waals surface area contributed by atoms with E-state index in [2.05, 4.69) is 15.6 Å². The van der Waals surface area contributed by atoms with Crippen LogP contribution in [0.3, 0.4) is 0 Å². The molecule has 3 aromatic rings. The Labute approximate surface area is 163 Å². The Bertz CT molecular complexity index is 936. The molecule has 0 radical (unpaired) electrons. The average Bonchev–Trinajstić information content (AvgIpc) is 3.16. The van der Waals surface area contributed by atoms with Gasteiger partial charge >= 0.3 is 6.03 Å². The molecule has 1 aliphatic heterocycles. The number of imidazole rings is 1. The summed E-state index contributed by atoms with van der Waals surface area (Å²) in [5.74, 6) is -0.235. The van der Waals surface area contributed by atoms with Crippen molar-refractivity contribution in [2.45, 2.75) is 19.4 Å². The molecule has 4 rings (SSSR count). The van der Waals surface area contributed by atoms with Crippen LogP contribution in [0.15, 0.2) is 60.9 Å². The zero-order valence-corrected chi connectivity index (χ0v) is 15.5. The van der Waals surface area contributed by atoms with Crippen molar-refractivity contribution in [3.8, 4) is 0 Å². The van der Waals surface area contributed by atoms with E-state index in [1.165, 1.54) is 0 Å². The lowest BCUT2D eigenvalue weighted by atomic mass is 9.97. The van der Waals surface area contributed by atoms with Gasteiger partial charge in [0, 0.05) is 31.2 Å². The summed E-state index contributed by atoms with van der Waals surface area (Å²) in [6.45, 7) is 1.47. The van der Waals surface area contributed by atoms with E-state index >= 15 is 0 Å². The number of piperidine rings is 1. The molecule has 1 saturated heterocycles. The fourth-order valence-electron chi connectivity index (χ4n) is 3.49. The quantitative estimate of drug-likeness (QED) is 0.734. The van der Waals surface area contributed by atoms with Gasteiger partial charge in [0.15, 0.2) is 0 Å². The minimum Gasteiger partial charge on any atom is -0.350 e. The molecular formula is C21H23N5O2. The zero-order valence-electron chi connectivity index (χ0n) is 15.5. The first-order valence-electron chi connectivity index (χ1n) is 9.50. The minimum atomic E-state index is -0.202. The first-order chi connectivity index (χ1) is 13.7. The highest BCUT2D eigenvalue weighted by Crippen LogP contribution is 2.18.